The summed E-state index contributed by atoms with van der Waals surface area (Å²) >= 11 is 0. The lowest BCUT2D eigenvalue weighted by atomic mass is 10.1. The first-order valence-corrected chi connectivity index (χ1v) is 9.86. The van der Waals surface area contributed by atoms with E-state index in [0.29, 0.717) is 37.0 Å². The van der Waals surface area contributed by atoms with E-state index in [-0.39, 0.29) is 12.5 Å². The van der Waals surface area contributed by atoms with Crippen LogP contribution in [0.3, 0.4) is 0 Å². The van der Waals surface area contributed by atoms with Crippen molar-refractivity contribution in [3.63, 3.8) is 0 Å². The Morgan fingerprint density at radius 2 is 1.75 bits per heavy atom. The number of hydrogen-bond acceptors (Lipinski definition) is 5. The van der Waals surface area contributed by atoms with Crippen LogP contribution in [-0.2, 0) is 17.9 Å². The molecular weight excluding hydrogens is 356 g/mol. The van der Waals surface area contributed by atoms with Gasteiger partial charge in [0.1, 0.15) is 19.0 Å². The van der Waals surface area contributed by atoms with E-state index in [4.69, 9.17) is 14.2 Å². The van der Waals surface area contributed by atoms with Gasteiger partial charge in [0.15, 0.2) is 18.1 Å². The summed E-state index contributed by atoms with van der Waals surface area (Å²) < 4.78 is 16.6. The molecule has 28 heavy (non-hydrogen) atoms. The van der Waals surface area contributed by atoms with E-state index in [1.807, 2.05) is 6.07 Å². The summed E-state index contributed by atoms with van der Waals surface area (Å²) in [6.07, 6.45) is 2.55. The van der Waals surface area contributed by atoms with E-state index in [0.717, 1.165) is 25.2 Å². The van der Waals surface area contributed by atoms with Crippen LogP contribution in [0.5, 0.6) is 17.2 Å². The van der Waals surface area contributed by atoms with Gasteiger partial charge in [-0.1, -0.05) is 24.3 Å². The highest BCUT2D eigenvalue weighted by atomic mass is 16.6. The molecule has 0 aliphatic carbocycles. The topological polar surface area (TPSA) is 60.0 Å². The molecule has 2 heterocycles. The molecular formula is C22H26N2O4. The largest absolute Gasteiger partial charge is 0.486 e. The fourth-order valence-corrected chi connectivity index (χ4v) is 3.57. The Labute approximate surface area is 165 Å². The van der Waals surface area contributed by atoms with Crippen molar-refractivity contribution in [2.75, 3.05) is 32.9 Å². The van der Waals surface area contributed by atoms with E-state index < -0.39 is 0 Å². The molecule has 1 amide bonds. The summed E-state index contributed by atoms with van der Waals surface area (Å²) in [4.78, 5) is 14.7. The highest BCUT2D eigenvalue weighted by molar-refractivity contribution is 5.77. The lowest BCUT2D eigenvalue weighted by Gasteiger charge is -2.19. The van der Waals surface area contributed by atoms with E-state index >= 15 is 0 Å². The van der Waals surface area contributed by atoms with Crippen molar-refractivity contribution in [3.8, 4) is 17.2 Å². The van der Waals surface area contributed by atoms with Gasteiger partial charge in [0.2, 0.25) is 0 Å². The number of fused-ring (bicyclic) bond motifs is 1. The van der Waals surface area contributed by atoms with E-state index in [1.54, 1.807) is 18.2 Å². The first-order chi connectivity index (χ1) is 13.8. The molecule has 2 aromatic carbocycles. The number of benzene rings is 2. The maximum atomic E-state index is 12.2. The van der Waals surface area contributed by atoms with Crippen LogP contribution in [0.2, 0.25) is 0 Å². The maximum absolute atomic E-state index is 12.2. The van der Waals surface area contributed by atoms with Gasteiger partial charge < -0.3 is 19.5 Å². The first-order valence-electron chi connectivity index (χ1n) is 9.86. The molecule has 2 aromatic rings. The van der Waals surface area contributed by atoms with Crippen LogP contribution in [-0.4, -0.2) is 43.7 Å². The molecule has 0 atom stereocenters. The first kappa shape index (κ1) is 18.6. The number of likely N-dealkylation sites (tertiary alicyclic amines) is 1. The SMILES string of the molecule is O=C(COc1ccc2c(c1)OCCO2)NCc1ccccc1CN1CCCC1. The van der Waals surface area contributed by atoms with Gasteiger partial charge in [-0.3, -0.25) is 9.69 Å². The Morgan fingerprint density at radius 3 is 2.57 bits per heavy atom. The Morgan fingerprint density at radius 1 is 1.00 bits per heavy atom. The van der Waals surface area contributed by atoms with Crippen molar-refractivity contribution in [3.05, 3.63) is 53.6 Å². The number of nitrogens with one attached hydrogen (secondary N) is 1. The monoisotopic (exact) mass is 382 g/mol. The molecule has 0 bridgehead atoms. The number of hydrogen-bond donors (Lipinski definition) is 1. The second-order valence-corrected chi connectivity index (χ2v) is 7.12. The highest BCUT2D eigenvalue weighted by Crippen LogP contribution is 2.33. The summed E-state index contributed by atoms with van der Waals surface area (Å²) in [6, 6.07) is 13.6. The van der Waals surface area contributed by atoms with Crippen LogP contribution in [0.15, 0.2) is 42.5 Å². The van der Waals surface area contributed by atoms with E-state index in [9.17, 15) is 4.79 Å². The highest BCUT2D eigenvalue weighted by Gasteiger charge is 2.15. The number of nitrogens with zero attached hydrogens (tertiary/aromatic N) is 1. The molecule has 0 unspecified atom stereocenters. The van der Waals surface area contributed by atoms with Gasteiger partial charge in [0, 0.05) is 19.2 Å². The molecule has 0 spiro atoms. The predicted octanol–water partition coefficient (Wildman–Crippen LogP) is 2.75. The van der Waals surface area contributed by atoms with Gasteiger partial charge in [-0.05, 0) is 49.2 Å². The number of carbonyl (C=O) groups is 1. The Hall–Kier alpha value is -2.73. The summed E-state index contributed by atoms with van der Waals surface area (Å²) in [7, 11) is 0. The second kappa shape index (κ2) is 8.97. The molecule has 148 valence electrons. The Balaban J connectivity index is 1.28. The number of amides is 1. The van der Waals surface area contributed by atoms with Crippen LogP contribution in [0.4, 0.5) is 0 Å². The molecule has 2 aliphatic heterocycles. The van der Waals surface area contributed by atoms with Crippen molar-refractivity contribution in [1.82, 2.24) is 10.2 Å². The molecule has 1 fully saturated rings. The fourth-order valence-electron chi connectivity index (χ4n) is 3.57. The minimum Gasteiger partial charge on any atom is -0.486 e. The molecule has 6 nitrogen and oxygen atoms in total. The zero-order chi connectivity index (χ0) is 19.2. The van der Waals surface area contributed by atoms with Gasteiger partial charge in [-0.2, -0.15) is 0 Å². The summed E-state index contributed by atoms with van der Waals surface area (Å²) in [5, 5.41) is 2.96. The minimum atomic E-state index is -0.147. The van der Waals surface area contributed by atoms with Gasteiger partial charge in [-0.15, -0.1) is 0 Å². The quantitative estimate of drug-likeness (QED) is 0.798. The van der Waals surface area contributed by atoms with E-state index in [1.165, 1.54) is 18.4 Å². The fraction of sp³-hybridized carbons (Fsp3) is 0.409. The van der Waals surface area contributed by atoms with Crippen molar-refractivity contribution in [2.45, 2.75) is 25.9 Å². The van der Waals surface area contributed by atoms with Crippen molar-refractivity contribution in [1.29, 1.82) is 0 Å². The molecule has 1 N–H and O–H groups in total. The van der Waals surface area contributed by atoms with Crippen LogP contribution in [0.25, 0.3) is 0 Å². The van der Waals surface area contributed by atoms with Crippen LogP contribution < -0.4 is 19.5 Å². The molecule has 0 aromatic heterocycles. The molecule has 4 rings (SSSR count). The zero-order valence-corrected chi connectivity index (χ0v) is 16.0. The summed E-state index contributed by atoms with van der Waals surface area (Å²) in [6.45, 7) is 4.80. The zero-order valence-electron chi connectivity index (χ0n) is 16.0. The number of carbonyl (C=O) groups excluding carboxylic acids is 1. The Kier molecular flexibility index (Phi) is 5.97. The van der Waals surface area contributed by atoms with E-state index in [2.05, 4.69) is 28.4 Å². The minimum absolute atomic E-state index is 0.0338. The molecule has 6 heteroatoms. The third kappa shape index (κ3) is 4.75. The van der Waals surface area contributed by atoms with Crippen molar-refractivity contribution in [2.24, 2.45) is 0 Å². The smallest absolute Gasteiger partial charge is 0.258 e. The van der Waals surface area contributed by atoms with Gasteiger partial charge in [0.05, 0.1) is 0 Å². The number of rotatable bonds is 7. The average molecular weight is 382 g/mol. The maximum Gasteiger partial charge on any atom is 0.258 e. The van der Waals surface area contributed by atoms with Crippen LogP contribution >= 0.6 is 0 Å². The van der Waals surface area contributed by atoms with Gasteiger partial charge in [0.25, 0.3) is 5.91 Å². The normalized spacial score (nSPS) is 16.0. The van der Waals surface area contributed by atoms with Crippen molar-refractivity contribution < 1.29 is 19.0 Å². The second-order valence-electron chi connectivity index (χ2n) is 7.12. The summed E-state index contributed by atoms with van der Waals surface area (Å²) in [5.74, 6) is 1.80. The summed E-state index contributed by atoms with van der Waals surface area (Å²) in [5.41, 5.74) is 2.43. The van der Waals surface area contributed by atoms with Gasteiger partial charge in [-0.25, -0.2) is 0 Å². The van der Waals surface area contributed by atoms with Crippen molar-refractivity contribution >= 4 is 5.91 Å². The van der Waals surface area contributed by atoms with Gasteiger partial charge >= 0.3 is 0 Å². The average Bonchev–Trinajstić information content (AvgIpc) is 3.24. The molecule has 0 saturated carbocycles. The Bertz CT molecular complexity index is 818. The lowest BCUT2D eigenvalue weighted by molar-refractivity contribution is -0.123. The predicted molar refractivity (Wildman–Crippen MR) is 106 cm³/mol. The molecule has 0 radical (unpaired) electrons. The third-order valence-corrected chi connectivity index (χ3v) is 5.07. The lowest BCUT2D eigenvalue weighted by Crippen LogP contribution is -2.29. The molecule has 1 saturated heterocycles. The van der Waals surface area contributed by atoms with Crippen LogP contribution in [0.1, 0.15) is 24.0 Å². The molecule has 2 aliphatic rings. The third-order valence-electron chi connectivity index (χ3n) is 5.07. The number of ether oxygens (including phenoxy) is 3. The van der Waals surface area contributed by atoms with Crippen LogP contribution in [0, 0.1) is 0 Å². The standard InChI is InChI=1S/C22H26N2O4/c25-22(16-28-19-7-8-20-21(13-19)27-12-11-26-20)23-14-17-5-1-2-6-18(17)15-24-9-3-4-10-24/h1-2,5-8,13H,3-4,9-12,14-16H2,(H,23,25).